The highest BCUT2D eigenvalue weighted by molar-refractivity contribution is 7.90. The van der Waals surface area contributed by atoms with Gasteiger partial charge in [-0.15, -0.1) is 0 Å². The van der Waals surface area contributed by atoms with Gasteiger partial charge in [-0.1, -0.05) is 68.1 Å². The Balaban J connectivity index is 0.00000620. The summed E-state index contributed by atoms with van der Waals surface area (Å²) >= 11 is 0. The van der Waals surface area contributed by atoms with Crippen LogP contribution in [0.4, 0.5) is 4.79 Å². The first kappa shape index (κ1) is 42.6. The molecular formula is C44H54N4O8S. The molecule has 0 saturated heterocycles. The van der Waals surface area contributed by atoms with Crippen molar-refractivity contribution >= 4 is 28.0 Å². The number of hydrogen-bond donors (Lipinski definition) is 3. The standard InChI is InChI=1S/C43H50N4O8S.CH4/c1-26-27(2)39(28(3)31-21-22-43(4,5)55-38(26)31)56(50,51)47-41(44)45-23-11-16-37(40(48)53-24-29-17-19-30(52-6)20-18-29)46-42(49)54-25-36-34-14-9-7-12-32(34)33-13-8-10-15-35(33)36;/h7-10,12-15,17-20,36-37H,11,16,21-25H2,1-6H3,(H,46,49)(H3,44,45,47);1H4/t37-;/m0./s1. The van der Waals surface area contributed by atoms with Crippen molar-refractivity contribution < 1.29 is 37.0 Å². The summed E-state index contributed by atoms with van der Waals surface area (Å²) < 4.78 is 52.6. The third-order valence-electron chi connectivity index (χ3n) is 10.6. The summed E-state index contributed by atoms with van der Waals surface area (Å²) in [6.45, 7) is 9.56. The molecule has 13 heteroatoms. The van der Waals surface area contributed by atoms with Gasteiger partial charge in [0.05, 0.1) is 12.0 Å². The fourth-order valence-electron chi connectivity index (χ4n) is 7.48. The maximum absolute atomic E-state index is 13.7. The topological polar surface area (TPSA) is 168 Å². The van der Waals surface area contributed by atoms with Crippen LogP contribution in [0.15, 0.2) is 82.7 Å². The van der Waals surface area contributed by atoms with E-state index in [2.05, 4.69) is 27.2 Å². The monoisotopic (exact) mass is 798 g/mol. The van der Waals surface area contributed by atoms with Crippen LogP contribution >= 0.6 is 0 Å². The molecule has 4 aromatic rings. The van der Waals surface area contributed by atoms with E-state index in [9.17, 15) is 18.0 Å². The fourth-order valence-corrected chi connectivity index (χ4v) is 9.00. The predicted octanol–water partition coefficient (Wildman–Crippen LogP) is 7.38. The number of sulfonamides is 1. The minimum atomic E-state index is -4.09. The number of aliphatic imine (C=N–C) groups is 1. The molecule has 0 saturated carbocycles. The summed E-state index contributed by atoms with van der Waals surface area (Å²) in [5, 5.41) is 2.68. The highest BCUT2D eigenvalue weighted by atomic mass is 32.2. The van der Waals surface area contributed by atoms with Crippen molar-refractivity contribution in [2.75, 3.05) is 20.3 Å². The Morgan fingerprint density at radius 1 is 0.930 bits per heavy atom. The first-order chi connectivity index (χ1) is 26.7. The zero-order valence-corrected chi connectivity index (χ0v) is 33.5. The molecule has 1 heterocycles. The third-order valence-corrected chi connectivity index (χ3v) is 12.2. The number of ether oxygens (including phenoxy) is 4. The number of nitrogens with two attached hydrogens (primary N) is 1. The highest BCUT2D eigenvalue weighted by Gasteiger charge is 2.34. The summed E-state index contributed by atoms with van der Waals surface area (Å²) in [5.41, 5.74) is 13.7. The number of nitrogens with zero attached hydrogens (tertiary/aromatic N) is 1. The van der Waals surface area contributed by atoms with Gasteiger partial charge in [0.2, 0.25) is 5.96 Å². The van der Waals surface area contributed by atoms with E-state index in [1.807, 2.05) is 57.2 Å². The van der Waals surface area contributed by atoms with Crippen molar-refractivity contribution in [1.82, 2.24) is 10.0 Å². The maximum atomic E-state index is 13.7. The molecule has 1 amide bonds. The summed E-state index contributed by atoms with van der Waals surface area (Å²) in [4.78, 5) is 31.0. The Morgan fingerprint density at radius 2 is 1.56 bits per heavy atom. The minimum Gasteiger partial charge on any atom is -0.497 e. The normalized spacial score (nSPS) is 14.8. The summed E-state index contributed by atoms with van der Waals surface area (Å²) in [6, 6.07) is 22.0. The molecule has 0 unspecified atom stereocenters. The number of carbonyl (C=O) groups is 2. The molecule has 4 aromatic carbocycles. The molecular weight excluding hydrogens is 745 g/mol. The van der Waals surface area contributed by atoms with Crippen molar-refractivity contribution in [2.24, 2.45) is 10.7 Å². The molecule has 304 valence electrons. The Labute approximate surface area is 336 Å². The zero-order valence-electron chi connectivity index (χ0n) is 32.7. The molecule has 6 rings (SSSR count). The molecule has 1 aliphatic carbocycles. The lowest BCUT2D eigenvalue weighted by molar-refractivity contribution is -0.147. The minimum absolute atomic E-state index is 0. The second kappa shape index (κ2) is 17.7. The van der Waals surface area contributed by atoms with Crippen molar-refractivity contribution in [3.8, 4) is 22.6 Å². The van der Waals surface area contributed by atoms with E-state index < -0.39 is 28.1 Å². The Kier molecular flexibility index (Phi) is 13.2. The van der Waals surface area contributed by atoms with Gasteiger partial charge in [0.25, 0.3) is 10.0 Å². The Morgan fingerprint density at radius 3 is 2.19 bits per heavy atom. The number of fused-ring (bicyclic) bond motifs is 4. The average molecular weight is 799 g/mol. The van der Waals surface area contributed by atoms with Gasteiger partial charge in [-0.25, -0.2) is 22.7 Å². The summed E-state index contributed by atoms with van der Waals surface area (Å²) in [7, 11) is -2.53. The number of nitrogens with one attached hydrogen (secondary N) is 2. The lowest BCUT2D eigenvalue weighted by atomic mass is 9.88. The van der Waals surface area contributed by atoms with Crippen LogP contribution in [0.1, 0.15) is 85.4 Å². The molecule has 0 bridgehead atoms. The molecule has 1 atom stereocenters. The van der Waals surface area contributed by atoms with Crippen LogP contribution in [0.5, 0.6) is 11.5 Å². The lowest BCUT2D eigenvalue weighted by Crippen LogP contribution is -2.42. The number of rotatable bonds is 13. The van der Waals surface area contributed by atoms with Gasteiger partial charge in [0.1, 0.15) is 36.4 Å². The molecule has 0 aromatic heterocycles. The molecule has 0 spiro atoms. The molecule has 12 nitrogen and oxygen atoms in total. The second-order valence-corrected chi connectivity index (χ2v) is 16.5. The average Bonchev–Trinajstić information content (AvgIpc) is 3.49. The van der Waals surface area contributed by atoms with Crippen LogP contribution in [-0.2, 0) is 37.3 Å². The van der Waals surface area contributed by atoms with Crippen molar-refractivity contribution in [3.63, 3.8) is 0 Å². The van der Waals surface area contributed by atoms with E-state index in [1.165, 1.54) is 0 Å². The summed E-state index contributed by atoms with van der Waals surface area (Å²) in [6.07, 6.45) is 1.06. The second-order valence-electron chi connectivity index (χ2n) is 14.9. The van der Waals surface area contributed by atoms with Crippen LogP contribution in [-0.4, -0.2) is 58.3 Å². The van der Waals surface area contributed by atoms with Gasteiger partial charge >= 0.3 is 12.1 Å². The number of alkyl carbamates (subject to hydrolysis) is 1. The van der Waals surface area contributed by atoms with E-state index in [4.69, 9.17) is 24.7 Å². The Hall–Kier alpha value is -5.56. The van der Waals surface area contributed by atoms with Gasteiger partial charge < -0.3 is 30.0 Å². The lowest BCUT2D eigenvalue weighted by Gasteiger charge is -2.35. The molecule has 1 aliphatic heterocycles. The fraction of sp³-hybridized carbons (Fsp3) is 0.386. The van der Waals surface area contributed by atoms with Gasteiger partial charge in [-0.2, -0.15) is 0 Å². The third kappa shape index (κ3) is 9.53. The predicted molar refractivity (Wildman–Crippen MR) is 221 cm³/mol. The largest absolute Gasteiger partial charge is 0.497 e. The number of methoxy groups -OCH3 is 1. The number of guanidine groups is 1. The van der Waals surface area contributed by atoms with Crippen molar-refractivity contribution in [3.05, 3.63) is 112 Å². The quantitative estimate of drug-likeness (QED) is 0.0541. The van der Waals surface area contributed by atoms with E-state index in [0.717, 1.165) is 51.1 Å². The van der Waals surface area contributed by atoms with Crippen LogP contribution in [0.25, 0.3) is 11.1 Å². The van der Waals surface area contributed by atoms with Gasteiger partial charge in [0.15, 0.2) is 0 Å². The van der Waals surface area contributed by atoms with E-state index in [-0.39, 0.29) is 62.4 Å². The highest BCUT2D eigenvalue weighted by Crippen LogP contribution is 2.45. The number of hydrogen-bond acceptors (Lipinski definition) is 9. The van der Waals surface area contributed by atoms with Crippen LogP contribution in [0.2, 0.25) is 0 Å². The van der Waals surface area contributed by atoms with E-state index >= 15 is 0 Å². The van der Waals surface area contributed by atoms with Gasteiger partial charge in [-0.3, -0.25) is 4.99 Å². The number of carbonyl (C=O) groups excluding carboxylic acids is 2. The van der Waals surface area contributed by atoms with Crippen molar-refractivity contribution in [2.45, 2.75) is 96.8 Å². The number of esters is 1. The van der Waals surface area contributed by atoms with Crippen molar-refractivity contribution in [1.29, 1.82) is 0 Å². The summed E-state index contributed by atoms with van der Waals surface area (Å²) in [5.74, 6) is 0.292. The van der Waals surface area contributed by atoms with Crippen LogP contribution < -0.4 is 25.2 Å². The smallest absolute Gasteiger partial charge is 0.407 e. The number of amides is 1. The SMILES string of the molecule is C.COc1ccc(COC(=O)[C@H](CCCN=C(N)NS(=O)(=O)c2c(C)c(C)c3c(c2C)CCC(C)(C)O3)NC(=O)OCC2c3ccccc3-c3ccccc32)cc1. The molecule has 2 aliphatic rings. The first-order valence-corrected chi connectivity index (χ1v) is 20.2. The molecule has 57 heavy (non-hydrogen) atoms. The van der Waals surface area contributed by atoms with E-state index in [1.54, 1.807) is 45.2 Å². The maximum Gasteiger partial charge on any atom is 0.407 e. The Bertz CT molecular complexity index is 2210. The molecule has 4 N–H and O–H groups in total. The van der Waals surface area contributed by atoms with Gasteiger partial charge in [-0.05, 0) is 123 Å². The molecule has 0 fully saturated rings. The van der Waals surface area contributed by atoms with Gasteiger partial charge in [0, 0.05) is 12.5 Å². The number of benzene rings is 4. The zero-order chi connectivity index (χ0) is 40.2. The van der Waals surface area contributed by atoms with Crippen LogP contribution in [0, 0.1) is 20.8 Å². The van der Waals surface area contributed by atoms with Crippen LogP contribution in [0.3, 0.4) is 0 Å². The first-order valence-electron chi connectivity index (χ1n) is 18.7. The molecule has 0 radical (unpaired) electrons. The van der Waals surface area contributed by atoms with E-state index in [0.29, 0.717) is 23.3 Å².